The molecule has 0 N–H and O–H groups in total. The van der Waals surface area contributed by atoms with Crippen LogP contribution in [-0.2, 0) is 13.0 Å². The molecule has 0 fully saturated rings. The maximum atomic E-state index is 5.48. The van der Waals surface area contributed by atoms with Crippen LogP contribution in [0.4, 0.5) is 0 Å². The Hall–Kier alpha value is -2.29. The van der Waals surface area contributed by atoms with E-state index in [1.54, 1.807) is 0 Å². The standard InChI is InChI=1S/C18H20N2O/c1-3-20-17-8-6-5-7-16(17)19-18(20)13-14-9-11-15(12-10-14)21-4-2/h5-12H,3-4,13H2,1-2H3. The molecule has 1 aromatic heterocycles. The molecule has 3 heteroatoms. The Labute approximate surface area is 125 Å². The average Bonchev–Trinajstić information content (AvgIpc) is 2.86. The zero-order valence-electron chi connectivity index (χ0n) is 12.5. The third-order valence-corrected chi connectivity index (χ3v) is 3.65. The molecule has 0 aliphatic rings. The fourth-order valence-electron chi connectivity index (χ4n) is 2.67. The minimum Gasteiger partial charge on any atom is -0.494 e. The second-order valence-electron chi connectivity index (χ2n) is 5.01. The molecule has 0 saturated heterocycles. The van der Waals surface area contributed by atoms with E-state index >= 15 is 0 Å². The lowest BCUT2D eigenvalue weighted by atomic mass is 10.1. The molecule has 2 aromatic carbocycles. The molecule has 0 amide bonds. The first-order valence-electron chi connectivity index (χ1n) is 7.47. The van der Waals surface area contributed by atoms with Crippen molar-refractivity contribution in [3.8, 4) is 5.75 Å². The van der Waals surface area contributed by atoms with Crippen LogP contribution in [0.3, 0.4) is 0 Å². The zero-order valence-corrected chi connectivity index (χ0v) is 12.5. The monoisotopic (exact) mass is 280 g/mol. The first kappa shape index (κ1) is 13.7. The molecule has 0 atom stereocenters. The van der Waals surface area contributed by atoms with Crippen molar-refractivity contribution in [2.75, 3.05) is 6.61 Å². The smallest absolute Gasteiger partial charge is 0.119 e. The summed E-state index contributed by atoms with van der Waals surface area (Å²) in [6.07, 6.45) is 0.842. The number of ether oxygens (including phenoxy) is 1. The Morgan fingerprint density at radius 3 is 2.48 bits per heavy atom. The molecule has 3 aromatic rings. The van der Waals surface area contributed by atoms with Gasteiger partial charge in [-0.2, -0.15) is 0 Å². The van der Waals surface area contributed by atoms with Crippen LogP contribution in [0.25, 0.3) is 11.0 Å². The van der Waals surface area contributed by atoms with Gasteiger partial charge in [0.25, 0.3) is 0 Å². The molecule has 0 bridgehead atoms. The number of benzene rings is 2. The third-order valence-electron chi connectivity index (χ3n) is 3.65. The van der Waals surface area contributed by atoms with Crippen LogP contribution in [0.2, 0.25) is 0 Å². The second-order valence-corrected chi connectivity index (χ2v) is 5.01. The summed E-state index contributed by atoms with van der Waals surface area (Å²) < 4.78 is 7.77. The minimum absolute atomic E-state index is 0.699. The van der Waals surface area contributed by atoms with Crippen molar-refractivity contribution in [2.24, 2.45) is 0 Å². The van der Waals surface area contributed by atoms with Gasteiger partial charge in [-0.1, -0.05) is 24.3 Å². The molecular formula is C18H20N2O. The van der Waals surface area contributed by atoms with Gasteiger partial charge < -0.3 is 9.30 Å². The van der Waals surface area contributed by atoms with Crippen molar-refractivity contribution in [1.82, 2.24) is 9.55 Å². The highest BCUT2D eigenvalue weighted by Gasteiger charge is 2.09. The minimum atomic E-state index is 0.699. The molecule has 0 aliphatic carbocycles. The van der Waals surface area contributed by atoms with Gasteiger partial charge in [0.15, 0.2) is 0 Å². The fraction of sp³-hybridized carbons (Fsp3) is 0.278. The maximum Gasteiger partial charge on any atom is 0.119 e. The summed E-state index contributed by atoms with van der Waals surface area (Å²) in [4.78, 5) is 4.77. The van der Waals surface area contributed by atoms with Crippen molar-refractivity contribution < 1.29 is 4.74 Å². The van der Waals surface area contributed by atoms with E-state index in [2.05, 4.69) is 41.8 Å². The molecule has 1 heterocycles. The summed E-state index contributed by atoms with van der Waals surface area (Å²) in [5.74, 6) is 2.04. The van der Waals surface area contributed by atoms with E-state index in [1.165, 1.54) is 11.1 Å². The van der Waals surface area contributed by atoms with Gasteiger partial charge in [-0.25, -0.2) is 4.98 Å². The lowest BCUT2D eigenvalue weighted by Crippen LogP contribution is -2.02. The van der Waals surface area contributed by atoms with E-state index < -0.39 is 0 Å². The Bertz CT molecular complexity index is 729. The molecule has 0 saturated carbocycles. The van der Waals surface area contributed by atoms with E-state index in [4.69, 9.17) is 9.72 Å². The van der Waals surface area contributed by atoms with Gasteiger partial charge in [-0.15, -0.1) is 0 Å². The zero-order chi connectivity index (χ0) is 14.7. The van der Waals surface area contributed by atoms with Gasteiger partial charge in [-0.05, 0) is 43.7 Å². The fourth-order valence-corrected chi connectivity index (χ4v) is 2.67. The van der Waals surface area contributed by atoms with E-state index in [9.17, 15) is 0 Å². The summed E-state index contributed by atoms with van der Waals surface area (Å²) in [6, 6.07) is 16.6. The highest BCUT2D eigenvalue weighted by Crippen LogP contribution is 2.20. The molecule has 0 spiro atoms. The Kier molecular flexibility index (Phi) is 3.91. The van der Waals surface area contributed by atoms with Gasteiger partial charge in [-0.3, -0.25) is 0 Å². The number of para-hydroxylation sites is 2. The van der Waals surface area contributed by atoms with Gasteiger partial charge in [0.1, 0.15) is 11.6 Å². The van der Waals surface area contributed by atoms with E-state index in [-0.39, 0.29) is 0 Å². The Morgan fingerprint density at radius 1 is 1.00 bits per heavy atom. The molecule has 108 valence electrons. The first-order chi connectivity index (χ1) is 10.3. The highest BCUT2D eigenvalue weighted by molar-refractivity contribution is 5.76. The number of aryl methyl sites for hydroxylation is 1. The number of aromatic nitrogens is 2. The van der Waals surface area contributed by atoms with Crippen LogP contribution in [-0.4, -0.2) is 16.2 Å². The number of rotatable bonds is 5. The average molecular weight is 280 g/mol. The largest absolute Gasteiger partial charge is 0.494 e. The summed E-state index contributed by atoms with van der Waals surface area (Å²) in [5, 5.41) is 0. The quantitative estimate of drug-likeness (QED) is 0.705. The van der Waals surface area contributed by atoms with Crippen LogP contribution in [0.15, 0.2) is 48.5 Å². The summed E-state index contributed by atoms with van der Waals surface area (Å²) in [6.45, 7) is 5.80. The van der Waals surface area contributed by atoms with Crippen LogP contribution < -0.4 is 4.74 Å². The van der Waals surface area contributed by atoms with Crippen LogP contribution in [0.1, 0.15) is 25.2 Å². The topological polar surface area (TPSA) is 27.1 Å². The van der Waals surface area contributed by atoms with E-state index in [0.29, 0.717) is 6.61 Å². The molecule has 0 radical (unpaired) electrons. The Balaban J connectivity index is 1.90. The molecule has 3 rings (SSSR count). The predicted molar refractivity (Wildman–Crippen MR) is 85.8 cm³/mol. The molecule has 0 unspecified atom stereocenters. The van der Waals surface area contributed by atoms with Gasteiger partial charge >= 0.3 is 0 Å². The number of nitrogens with zero attached hydrogens (tertiary/aromatic N) is 2. The second kappa shape index (κ2) is 6.00. The third kappa shape index (κ3) is 2.77. The number of imidazole rings is 1. The normalized spacial score (nSPS) is 11.0. The number of hydrogen-bond donors (Lipinski definition) is 0. The summed E-state index contributed by atoms with van der Waals surface area (Å²) >= 11 is 0. The van der Waals surface area contributed by atoms with Crippen molar-refractivity contribution in [2.45, 2.75) is 26.8 Å². The number of fused-ring (bicyclic) bond motifs is 1. The lowest BCUT2D eigenvalue weighted by molar-refractivity contribution is 0.340. The van der Waals surface area contributed by atoms with Crippen LogP contribution in [0.5, 0.6) is 5.75 Å². The van der Waals surface area contributed by atoms with Gasteiger partial charge in [0.2, 0.25) is 0 Å². The van der Waals surface area contributed by atoms with Gasteiger partial charge in [0, 0.05) is 13.0 Å². The predicted octanol–water partition coefficient (Wildman–Crippen LogP) is 4.05. The van der Waals surface area contributed by atoms with Gasteiger partial charge in [0.05, 0.1) is 17.6 Å². The SMILES string of the molecule is CCOc1ccc(Cc2nc3ccccc3n2CC)cc1. The number of hydrogen-bond acceptors (Lipinski definition) is 2. The first-order valence-corrected chi connectivity index (χ1v) is 7.47. The lowest BCUT2D eigenvalue weighted by Gasteiger charge is -2.07. The van der Waals surface area contributed by atoms with E-state index in [1.807, 2.05) is 25.1 Å². The summed E-state index contributed by atoms with van der Waals surface area (Å²) in [7, 11) is 0. The van der Waals surface area contributed by atoms with E-state index in [0.717, 1.165) is 30.1 Å². The van der Waals surface area contributed by atoms with Crippen molar-refractivity contribution >= 4 is 11.0 Å². The van der Waals surface area contributed by atoms with Crippen LogP contribution >= 0.6 is 0 Å². The maximum absolute atomic E-state index is 5.48. The molecule has 21 heavy (non-hydrogen) atoms. The molecule has 0 aliphatic heterocycles. The highest BCUT2D eigenvalue weighted by atomic mass is 16.5. The molecular weight excluding hydrogens is 260 g/mol. The van der Waals surface area contributed by atoms with Crippen molar-refractivity contribution in [3.05, 3.63) is 59.9 Å². The van der Waals surface area contributed by atoms with Crippen molar-refractivity contribution in [3.63, 3.8) is 0 Å². The molecule has 3 nitrogen and oxygen atoms in total. The van der Waals surface area contributed by atoms with Crippen molar-refractivity contribution in [1.29, 1.82) is 0 Å². The van der Waals surface area contributed by atoms with Crippen LogP contribution in [0, 0.1) is 0 Å². The summed E-state index contributed by atoms with van der Waals surface area (Å²) in [5.41, 5.74) is 3.53. The Morgan fingerprint density at radius 2 is 1.76 bits per heavy atom.